The number of ether oxygens (including phenoxy) is 8. The van der Waals surface area contributed by atoms with E-state index >= 15 is 0 Å². The molecule has 526 valence electrons. The Morgan fingerprint density at radius 2 is 1.18 bits per heavy atom. The number of alkyl halides is 10. The minimum atomic E-state index is -6.90. The smallest absolute Gasteiger partial charge is 0.460 e. The number of unbranched alkanes of at least 4 members (excludes halogenated alkanes) is 6. The van der Waals surface area contributed by atoms with E-state index in [1.165, 1.54) is 25.2 Å². The second kappa shape index (κ2) is 39.3. The normalized spacial score (nSPS) is 17.1. The monoisotopic (exact) mass is 1400 g/mol. The van der Waals surface area contributed by atoms with Gasteiger partial charge in [0.25, 0.3) is 0 Å². The number of nitrogens with zero attached hydrogens (tertiary/aromatic N) is 3. The number of hydrogen-bond acceptors (Lipinski definition) is 18. The number of esters is 6. The van der Waals surface area contributed by atoms with E-state index < -0.39 is 60.8 Å². The third kappa shape index (κ3) is 25.2. The van der Waals surface area contributed by atoms with Gasteiger partial charge in [-0.1, -0.05) is 36.6 Å². The van der Waals surface area contributed by atoms with Crippen LogP contribution >= 0.6 is 22.9 Å². The van der Waals surface area contributed by atoms with E-state index in [2.05, 4.69) is 23.2 Å². The lowest BCUT2D eigenvalue weighted by atomic mass is 9.87. The van der Waals surface area contributed by atoms with Crippen LogP contribution in [-0.4, -0.2) is 122 Å². The van der Waals surface area contributed by atoms with Gasteiger partial charge in [0, 0.05) is 30.2 Å². The Bertz CT molecular complexity index is 3220. The van der Waals surface area contributed by atoms with Gasteiger partial charge in [0.1, 0.15) is 35.2 Å². The van der Waals surface area contributed by atoms with Gasteiger partial charge in [-0.05, 0) is 195 Å². The van der Waals surface area contributed by atoms with Crippen molar-refractivity contribution in [2.75, 3.05) is 43.9 Å². The first kappa shape index (κ1) is 78.8. The fourth-order valence-electron chi connectivity index (χ4n) is 9.59. The molecule has 1 heterocycles. The van der Waals surface area contributed by atoms with E-state index in [1.807, 2.05) is 0 Å². The fraction of sp³-hybridized carbons (Fsp3) is 0.500. The Balaban J connectivity index is 0.000000494. The average Bonchev–Trinajstić information content (AvgIpc) is 0.954. The largest absolute Gasteiger partial charge is 0.494 e. The molecule has 2 fully saturated rings. The molecule has 6 rings (SSSR count). The van der Waals surface area contributed by atoms with Crippen LogP contribution < -0.4 is 19.2 Å². The molecular weight excluding hydrogens is 1320 g/mol. The summed E-state index contributed by atoms with van der Waals surface area (Å²) in [5.41, 5.74) is 1.17. The van der Waals surface area contributed by atoms with Crippen LogP contribution in [0.15, 0.2) is 127 Å². The van der Waals surface area contributed by atoms with Crippen molar-refractivity contribution in [3.8, 4) is 17.2 Å². The first-order chi connectivity index (χ1) is 45.7. The lowest BCUT2D eigenvalue weighted by molar-refractivity contribution is -0.396. The van der Waals surface area contributed by atoms with E-state index in [1.54, 1.807) is 79.7 Å². The molecule has 17 nitrogen and oxygen atoms in total. The standard InChI is InChI=1S/C53H67ClO14.C15H12F9N3S/c1-4-42(65-51(58)40-19-26-46(27-20-40)67-52(59)39-15-22-43(23-16-39)61-34-10-7-9-13-37-64-49(56)32-33-54)21-14-38(3)50(57)66-45-24-17-41(18-25-45)53(60)68-47-30-28-44(29-31-47)62-35-11-6-8-12-36-63-48(55)5-2;1-2-25-27(11-26-9-5-3-4-6-10(9)28-11)8-7-12(16,17)13(18,19)14(20,21)15(22,23)24/h4-5,14-16,21-23,28-31,40-41,45-46H,1-2,6-13,17-20,24-27,32-37H2,3H3;2-6H,7-8H2,1H3/b38-14+,42-21?;25-2+. The maximum absolute atomic E-state index is 13.7. The highest BCUT2D eigenvalue weighted by atomic mass is 35.5. The number of hydrogen-bond donors (Lipinski definition) is 0. The van der Waals surface area contributed by atoms with Crippen LogP contribution in [0.25, 0.3) is 10.2 Å². The van der Waals surface area contributed by atoms with E-state index in [9.17, 15) is 68.3 Å². The molecule has 0 aliphatic heterocycles. The number of fused-ring (bicyclic) bond motifs is 1. The highest BCUT2D eigenvalue weighted by molar-refractivity contribution is 7.22. The van der Waals surface area contributed by atoms with E-state index in [0.29, 0.717) is 116 Å². The van der Waals surface area contributed by atoms with Crippen molar-refractivity contribution in [1.29, 1.82) is 0 Å². The summed E-state index contributed by atoms with van der Waals surface area (Å²) in [6.07, 6.45) is 8.46. The second-order valence-electron chi connectivity index (χ2n) is 22.3. The van der Waals surface area contributed by atoms with Gasteiger partial charge in [-0.15, -0.1) is 11.6 Å². The Morgan fingerprint density at radius 1 is 0.646 bits per heavy atom. The van der Waals surface area contributed by atoms with Crippen molar-refractivity contribution in [2.45, 2.75) is 166 Å². The zero-order valence-corrected chi connectivity index (χ0v) is 54.8. The van der Waals surface area contributed by atoms with Gasteiger partial charge in [-0.25, -0.2) is 24.4 Å². The molecule has 2 aliphatic carbocycles. The van der Waals surface area contributed by atoms with Crippen molar-refractivity contribution in [3.05, 3.63) is 127 Å². The number of carbonyl (C=O) groups excluding carboxylic acids is 6. The third-order valence-corrected chi connectivity index (χ3v) is 16.4. The molecule has 0 spiro atoms. The van der Waals surface area contributed by atoms with Crippen LogP contribution in [0.3, 0.4) is 0 Å². The predicted molar refractivity (Wildman–Crippen MR) is 342 cm³/mol. The number of aromatic nitrogens is 1. The lowest BCUT2D eigenvalue weighted by Crippen LogP contribution is -2.61. The van der Waals surface area contributed by atoms with Gasteiger partial charge in [-0.3, -0.25) is 14.4 Å². The highest BCUT2D eigenvalue weighted by Crippen LogP contribution is 2.54. The number of para-hydroxylation sites is 1. The van der Waals surface area contributed by atoms with Crippen LogP contribution in [-0.2, 0) is 47.7 Å². The van der Waals surface area contributed by atoms with Gasteiger partial charge >= 0.3 is 59.8 Å². The SMILES string of the molecule is C/C=N/N(CCC(F)(F)C(F)(F)C(F)(F)C(F)(F)F)c1nc2ccccc2s1.C=CC(=O)OCCCCCCOc1ccc(OC(=O)C2CCC(OC(=O)/C(C)=C/C=C(C=C)OC(=O)C3CCC(OC(=O)c4ccc(OCCCCCCOC(=O)CCCl)cc4)CC3)CC2)cc1. The van der Waals surface area contributed by atoms with Crippen molar-refractivity contribution in [3.63, 3.8) is 0 Å². The Morgan fingerprint density at radius 3 is 1.72 bits per heavy atom. The van der Waals surface area contributed by atoms with Gasteiger partial charge in [0.15, 0.2) is 0 Å². The lowest BCUT2D eigenvalue weighted by Gasteiger charge is -2.34. The molecule has 0 bridgehead atoms. The van der Waals surface area contributed by atoms with E-state index in [0.717, 1.165) is 80.0 Å². The first-order valence-electron chi connectivity index (χ1n) is 31.4. The van der Waals surface area contributed by atoms with Gasteiger partial charge < -0.3 is 37.9 Å². The van der Waals surface area contributed by atoms with Crippen LogP contribution in [0.2, 0.25) is 0 Å². The summed E-state index contributed by atoms with van der Waals surface area (Å²) in [5, 5.41) is 4.38. The van der Waals surface area contributed by atoms with Gasteiger partial charge in [0.2, 0.25) is 5.13 Å². The zero-order valence-electron chi connectivity index (χ0n) is 53.3. The topological polar surface area (TPSA) is 205 Å². The van der Waals surface area contributed by atoms with Crippen LogP contribution in [0.5, 0.6) is 17.2 Å². The number of rotatable bonds is 36. The molecule has 96 heavy (non-hydrogen) atoms. The highest BCUT2D eigenvalue weighted by Gasteiger charge is 2.81. The second-order valence-corrected chi connectivity index (χ2v) is 23.7. The maximum atomic E-state index is 13.7. The van der Waals surface area contributed by atoms with Gasteiger partial charge in [0.05, 0.1) is 67.0 Å². The molecule has 4 aromatic rings. The molecule has 0 saturated heterocycles. The summed E-state index contributed by atoms with van der Waals surface area (Å²) in [7, 11) is 0. The van der Waals surface area contributed by atoms with E-state index in [4.69, 9.17) is 49.5 Å². The third-order valence-electron chi connectivity index (χ3n) is 15.1. The summed E-state index contributed by atoms with van der Waals surface area (Å²) in [5.74, 6) is -20.1. The number of carbonyl (C=O) groups is 6. The first-order valence-corrected chi connectivity index (χ1v) is 32.7. The predicted octanol–water partition coefficient (Wildman–Crippen LogP) is 16.4. The van der Waals surface area contributed by atoms with Crippen LogP contribution in [0, 0.1) is 11.8 Å². The summed E-state index contributed by atoms with van der Waals surface area (Å²) in [6, 6.07) is 20.2. The van der Waals surface area contributed by atoms with Crippen molar-refractivity contribution < 1.29 is 106 Å². The van der Waals surface area contributed by atoms with E-state index in [-0.39, 0.29) is 59.2 Å². The maximum Gasteiger partial charge on any atom is 0.460 e. The molecule has 0 atom stereocenters. The van der Waals surface area contributed by atoms with Crippen LogP contribution in [0.4, 0.5) is 44.6 Å². The zero-order chi connectivity index (χ0) is 70.3. The van der Waals surface area contributed by atoms with Crippen molar-refractivity contribution >= 4 is 80.3 Å². The van der Waals surface area contributed by atoms with Crippen LogP contribution in [0.1, 0.15) is 140 Å². The fourth-order valence-corrected chi connectivity index (χ4v) is 10.7. The number of benzene rings is 3. The Kier molecular flexibility index (Phi) is 32.3. The number of anilines is 1. The minimum absolute atomic E-state index is 0.0130. The molecule has 1 aromatic heterocycles. The summed E-state index contributed by atoms with van der Waals surface area (Å²) >= 11 is 6.48. The molecule has 2 saturated carbocycles. The molecule has 3 aromatic carbocycles. The molecule has 0 amide bonds. The number of thiazole rings is 1. The Labute approximate surface area is 560 Å². The summed E-state index contributed by atoms with van der Waals surface area (Å²) < 4.78 is 162. The minimum Gasteiger partial charge on any atom is -0.494 e. The number of allylic oxidation sites excluding steroid dienone is 3. The molecule has 0 radical (unpaired) electrons. The average molecular weight is 1400 g/mol. The summed E-state index contributed by atoms with van der Waals surface area (Å²) in [6.45, 7) is 10.9. The Hall–Kier alpha value is -7.94. The summed E-state index contributed by atoms with van der Waals surface area (Å²) in [4.78, 5) is 78.2. The quantitative estimate of drug-likeness (QED) is 0.00355. The molecule has 0 N–H and O–H groups in total. The van der Waals surface area contributed by atoms with Gasteiger partial charge in [-0.2, -0.15) is 44.6 Å². The molecule has 28 heteroatoms. The number of hydrazone groups is 1. The molecule has 0 unspecified atom stereocenters. The van der Waals surface area contributed by atoms with Crippen molar-refractivity contribution in [1.82, 2.24) is 4.98 Å². The number of halogens is 10. The molecular formula is C68H79ClF9N3O14S. The van der Waals surface area contributed by atoms with Crippen molar-refractivity contribution in [2.24, 2.45) is 16.9 Å². The molecule has 2 aliphatic rings.